The van der Waals surface area contributed by atoms with Gasteiger partial charge in [0, 0.05) is 18.8 Å². The summed E-state index contributed by atoms with van der Waals surface area (Å²) in [6, 6.07) is 9.06. The number of benzene rings is 1. The van der Waals surface area contributed by atoms with E-state index in [1.165, 1.54) is 11.3 Å². The van der Waals surface area contributed by atoms with E-state index in [9.17, 15) is 0 Å². The third-order valence-electron chi connectivity index (χ3n) is 2.86. The van der Waals surface area contributed by atoms with Crippen LogP contribution in [0.2, 0.25) is 0 Å². The summed E-state index contributed by atoms with van der Waals surface area (Å²) in [5, 5.41) is 3.52. The summed E-state index contributed by atoms with van der Waals surface area (Å²) >= 11 is 0. The van der Waals surface area contributed by atoms with Crippen molar-refractivity contribution in [3.8, 4) is 0 Å². The monoisotopic (exact) mass is 191 g/mol. The van der Waals surface area contributed by atoms with E-state index in [-0.39, 0.29) is 0 Å². The second kappa shape index (κ2) is 4.01. The first-order valence-corrected chi connectivity index (χ1v) is 5.17. The van der Waals surface area contributed by atoms with Crippen LogP contribution in [-0.4, -0.2) is 19.3 Å². The lowest BCUT2D eigenvalue weighted by molar-refractivity contribution is 0.107. The van der Waals surface area contributed by atoms with Gasteiger partial charge in [-0.3, -0.25) is 0 Å². The topological polar surface area (TPSA) is 21.3 Å². The van der Waals surface area contributed by atoms with Gasteiger partial charge >= 0.3 is 0 Å². The Kier molecular flexibility index (Phi) is 2.73. The van der Waals surface area contributed by atoms with Crippen LogP contribution in [0.15, 0.2) is 24.3 Å². The summed E-state index contributed by atoms with van der Waals surface area (Å²) in [6.45, 7) is 2.12. The van der Waals surface area contributed by atoms with Crippen molar-refractivity contribution in [2.75, 3.05) is 12.4 Å². The third-order valence-corrected chi connectivity index (χ3v) is 2.86. The zero-order chi connectivity index (χ0) is 9.97. The zero-order valence-corrected chi connectivity index (χ0v) is 8.79. The summed E-state index contributed by atoms with van der Waals surface area (Å²) in [6.07, 6.45) is 2.54. The Labute approximate surface area is 85.3 Å². The van der Waals surface area contributed by atoms with Crippen molar-refractivity contribution >= 4 is 5.69 Å². The van der Waals surface area contributed by atoms with Gasteiger partial charge < -0.3 is 10.1 Å². The van der Waals surface area contributed by atoms with Gasteiger partial charge in [-0.1, -0.05) is 18.2 Å². The molecule has 0 aromatic heterocycles. The Morgan fingerprint density at radius 3 is 3.00 bits per heavy atom. The van der Waals surface area contributed by atoms with Crippen molar-refractivity contribution in [1.29, 1.82) is 0 Å². The van der Waals surface area contributed by atoms with Crippen LogP contribution in [0.5, 0.6) is 0 Å². The minimum Gasteiger partial charge on any atom is -0.382 e. The highest BCUT2D eigenvalue weighted by Crippen LogP contribution is 2.27. The molecule has 0 bridgehead atoms. The predicted molar refractivity (Wildman–Crippen MR) is 58.6 cm³/mol. The van der Waals surface area contributed by atoms with Crippen LogP contribution in [0.1, 0.15) is 18.9 Å². The number of para-hydroxylation sites is 1. The predicted octanol–water partition coefficient (Wildman–Crippen LogP) is 2.45. The van der Waals surface area contributed by atoms with Gasteiger partial charge in [-0.05, 0) is 31.4 Å². The molecule has 2 atom stereocenters. The molecule has 2 heteroatoms. The smallest absolute Gasteiger partial charge is 0.0562 e. The molecule has 1 aliphatic rings. The molecule has 1 aromatic rings. The van der Waals surface area contributed by atoms with Gasteiger partial charge in [0.05, 0.1) is 6.10 Å². The molecule has 0 fully saturated rings. The third kappa shape index (κ3) is 1.90. The van der Waals surface area contributed by atoms with E-state index >= 15 is 0 Å². The Bertz CT molecular complexity index is 286. The van der Waals surface area contributed by atoms with Crippen LogP contribution in [0.3, 0.4) is 0 Å². The molecule has 76 valence electrons. The number of rotatable bonds is 3. The quantitative estimate of drug-likeness (QED) is 0.792. The number of fused-ring (bicyclic) bond motifs is 1. The van der Waals surface area contributed by atoms with Crippen molar-refractivity contribution in [2.24, 2.45) is 0 Å². The first-order chi connectivity index (χ1) is 6.79. The lowest BCUT2D eigenvalue weighted by Crippen LogP contribution is -2.22. The Morgan fingerprint density at radius 2 is 2.29 bits per heavy atom. The van der Waals surface area contributed by atoms with Crippen LogP contribution >= 0.6 is 0 Å². The molecular formula is C12H17NO. The van der Waals surface area contributed by atoms with Crippen molar-refractivity contribution in [2.45, 2.75) is 31.9 Å². The molecule has 1 N–H and O–H groups in total. The second-order valence-corrected chi connectivity index (χ2v) is 3.98. The molecule has 0 aliphatic carbocycles. The van der Waals surface area contributed by atoms with E-state index in [0.717, 1.165) is 12.8 Å². The molecule has 1 aromatic carbocycles. The van der Waals surface area contributed by atoms with E-state index in [0.29, 0.717) is 12.1 Å². The number of anilines is 1. The average molecular weight is 191 g/mol. The lowest BCUT2D eigenvalue weighted by Gasteiger charge is -2.15. The van der Waals surface area contributed by atoms with Gasteiger partial charge in [-0.2, -0.15) is 0 Å². The van der Waals surface area contributed by atoms with E-state index in [1.54, 1.807) is 7.11 Å². The molecule has 0 spiro atoms. The van der Waals surface area contributed by atoms with Gasteiger partial charge in [0.25, 0.3) is 0 Å². The highest BCUT2D eigenvalue weighted by atomic mass is 16.5. The maximum atomic E-state index is 5.27. The van der Waals surface area contributed by atoms with Crippen LogP contribution in [0, 0.1) is 0 Å². The van der Waals surface area contributed by atoms with Crippen molar-refractivity contribution in [3.63, 3.8) is 0 Å². The molecule has 2 rings (SSSR count). The molecular weight excluding hydrogens is 174 g/mol. The van der Waals surface area contributed by atoms with Crippen LogP contribution in [0.4, 0.5) is 5.69 Å². The minimum absolute atomic E-state index is 0.335. The average Bonchev–Trinajstić information content (AvgIpc) is 2.59. The molecule has 1 heterocycles. The summed E-state index contributed by atoms with van der Waals surface area (Å²) in [5.74, 6) is 0. The number of ether oxygens (including phenoxy) is 1. The van der Waals surface area contributed by atoms with Gasteiger partial charge in [0.2, 0.25) is 0 Å². The minimum atomic E-state index is 0.335. The van der Waals surface area contributed by atoms with Gasteiger partial charge in [-0.25, -0.2) is 0 Å². The zero-order valence-electron chi connectivity index (χ0n) is 8.79. The summed E-state index contributed by atoms with van der Waals surface area (Å²) < 4.78 is 5.27. The van der Waals surface area contributed by atoms with Crippen LogP contribution < -0.4 is 5.32 Å². The van der Waals surface area contributed by atoms with E-state index in [4.69, 9.17) is 4.74 Å². The largest absolute Gasteiger partial charge is 0.382 e. The highest BCUT2D eigenvalue weighted by Gasteiger charge is 2.21. The van der Waals surface area contributed by atoms with Gasteiger partial charge in [0.1, 0.15) is 0 Å². The van der Waals surface area contributed by atoms with Crippen LogP contribution in [-0.2, 0) is 11.2 Å². The number of nitrogens with one attached hydrogen (secondary N) is 1. The fraction of sp³-hybridized carbons (Fsp3) is 0.500. The fourth-order valence-corrected chi connectivity index (χ4v) is 2.01. The maximum Gasteiger partial charge on any atom is 0.0562 e. The highest BCUT2D eigenvalue weighted by molar-refractivity contribution is 5.56. The Hall–Kier alpha value is -1.02. The molecule has 0 amide bonds. The molecule has 0 saturated carbocycles. The summed E-state index contributed by atoms with van der Waals surface area (Å²) in [7, 11) is 1.77. The van der Waals surface area contributed by atoms with Crippen molar-refractivity contribution in [1.82, 2.24) is 0 Å². The lowest BCUT2D eigenvalue weighted by atomic mass is 10.1. The Balaban J connectivity index is 1.98. The second-order valence-electron chi connectivity index (χ2n) is 3.98. The molecule has 14 heavy (non-hydrogen) atoms. The first kappa shape index (κ1) is 9.53. The number of hydrogen-bond donors (Lipinski definition) is 1. The molecule has 2 unspecified atom stereocenters. The summed E-state index contributed by atoms with van der Waals surface area (Å²) in [4.78, 5) is 0. The number of hydrogen-bond acceptors (Lipinski definition) is 2. The van der Waals surface area contributed by atoms with Gasteiger partial charge in [0.15, 0.2) is 0 Å². The van der Waals surface area contributed by atoms with Crippen LogP contribution in [0.25, 0.3) is 0 Å². The van der Waals surface area contributed by atoms with Crippen molar-refractivity contribution < 1.29 is 4.74 Å². The molecule has 0 radical (unpaired) electrons. The summed E-state index contributed by atoms with van der Waals surface area (Å²) in [5.41, 5.74) is 2.72. The van der Waals surface area contributed by atoms with Gasteiger partial charge in [-0.15, -0.1) is 0 Å². The van der Waals surface area contributed by atoms with Crippen molar-refractivity contribution in [3.05, 3.63) is 29.8 Å². The first-order valence-electron chi connectivity index (χ1n) is 5.17. The number of methoxy groups -OCH3 is 1. The fourth-order valence-electron chi connectivity index (χ4n) is 2.01. The Morgan fingerprint density at radius 1 is 1.50 bits per heavy atom. The van der Waals surface area contributed by atoms with E-state index in [2.05, 4.69) is 36.5 Å². The molecule has 1 aliphatic heterocycles. The normalized spacial score (nSPS) is 21.4. The molecule has 0 saturated heterocycles. The molecule has 2 nitrogen and oxygen atoms in total. The van der Waals surface area contributed by atoms with E-state index < -0.39 is 0 Å². The maximum absolute atomic E-state index is 5.27. The standard InChI is InChI=1S/C12H17NO/c1-9(14-2)7-11-8-10-5-3-4-6-12(10)13-11/h3-6,9,11,13H,7-8H2,1-2H3. The SMILES string of the molecule is COC(C)CC1Cc2ccccc2N1. The van der Waals surface area contributed by atoms with E-state index in [1.807, 2.05) is 0 Å².